The van der Waals surface area contributed by atoms with Crippen molar-refractivity contribution < 1.29 is 17.6 Å². The third-order valence-electron chi connectivity index (χ3n) is 1.57. The van der Waals surface area contributed by atoms with Gasteiger partial charge in [0.2, 0.25) is 0 Å². The van der Waals surface area contributed by atoms with Crippen LogP contribution in [0.5, 0.6) is 0 Å². The van der Waals surface area contributed by atoms with E-state index in [1.54, 1.807) is 6.92 Å². The number of alkyl halides is 4. The molecule has 0 aliphatic rings. The van der Waals surface area contributed by atoms with Gasteiger partial charge in [0.25, 0.3) is 0 Å². The van der Waals surface area contributed by atoms with Crippen LogP contribution in [0.2, 0.25) is 0 Å². The maximum atomic E-state index is 12.3. The molecule has 0 bridgehead atoms. The molecule has 0 spiro atoms. The third kappa shape index (κ3) is 4.70. The molecule has 0 rings (SSSR count). The first-order chi connectivity index (χ1) is 5.90. The van der Waals surface area contributed by atoms with Crippen LogP contribution < -0.4 is 0 Å². The van der Waals surface area contributed by atoms with Crippen LogP contribution in [0.25, 0.3) is 0 Å². The second-order valence-corrected chi connectivity index (χ2v) is 2.81. The Hall–Kier alpha value is -0.800. The van der Waals surface area contributed by atoms with Crippen LogP contribution in [-0.2, 0) is 0 Å². The normalized spacial score (nSPS) is 13.5. The minimum atomic E-state index is -3.88. The van der Waals surface area contributed by atoms with Gasteiger partial charge in [-0.2, -0.15) is 0 Å². The third-order valence-corrected chi connectivity index (χ3v) is 1.57. The van der Waals surface area contributed by atoms with Crippen LogP contribution in [0, 0.1) is 0 Å². The summed E-state index contributed by atoms with van der Waals surface area (Å²) in [5.41, 5.74) is 0.621. The van der Waals surface area contributed by atoms with Gasteiger partial charge in [-0.3, -0.25) is 0 Å². The van der Waals surface area contributed by atoms with Crippen LogP contribution in [0.15, 0.2) is 24.3 Å². The van der Waals surface area contributed by atoms with Gasteiger partial charge in [0.1, 0.15) is 0 Å². The van der Waals surface area contributed by atoms with Crippen molar-refractivity contribution in [2.75, 3.05) is 0 Å². The molecule has 13 heavy (non-hydrogen) atoms. The smallest absolute Gasteiger partial charge is 0.204 e. The molecular formula is C9H12F4. The minimum absolute atomic E-state index is 0.0383. The van der Waals surface area contributed by atoms with Crippen LogP contribution in [-0.4, -0.2) is 12.3 Å². The van der Waals surface area contributed by atoms with Crippen molar-refractivity contribution in [3.8, 4) is 0 Å². The van der Waals surface area contributed by atoms with Crippen LogP contribution in [0.4, 0.5) is 17.6 Å². The molecule has 0 saturated carbocycles. The SMILES string of the molecule is C=C/C=C(\C)CCC(F)(F)C(F)F. The molecule has 0 nitrogen and oxygen atoms in total. The lowest BCUT2D eigenvalue weighted by Crippen LogP contribution is -2.26. The molecule has 0 amide bonds. The number of allylic oxidation sites excluding steroid dienone is 3. The maximum Gasteiger partial charge on any atom is 0.307 e. The average Bonchev–Trinajstić information content (AvgIpc) is 2.01. The van der Waals surface area contributed by atoms with Gasteiger partial charge in [-0.25, -0.2) is 17.6 Å². The Morgan fingerprint density at radius 3 is 2.38 bits per heavy atom. The van der Waals surface area contributed by atoms with Gasteiger partial charge in [-0.05, 0) is 13.3 Å². The van der Waals surface area contributed by atoms with E-state index in [2.05, 4.69) is 6.58 Å². The molecule has 0 unspecified atom stereocenters. The molecule has 0 aliphatic heterocycles. The van der Waals surface area contributed by atoms with E-state index in [0.717, 1.165) is 0 Å². The van der Waals surface area contributed by atoms with E-state index in [0.29, 0.717) is 5.57 Å². The summed E-state index contributed by atoms with van der Waals surface area (Å²) >= 11 is 0. The highest BCUT2D eigenvalue weighted by atomic mass is 19.3. The summed E-state index contributed by atoms with van der Waals surface area (Å²) < 4.78 is 48.0. The fourth-order valence-electron chi connectivity index (χ4n) is 0.757. The fourth-order valence-corrected chi connectivity index (χ4v) is 0.757. The van der Waals surface area contributed by atoms with Crippen molar-refractivity contribution in [2.24, 2.45) is 0 Å². The van der Waals surface area contributed by atoms with Gasteiger partial charge in [0.05, 0.1) is 0 Å². The molecule has 76 valence electrons. The average molecular weight is 196 g/mol. The summed E-state index contributed by atoms with van der Waals surface area (Å²) in [4.78, 5) is 0. The Balaban J connectivity index is 4.01. The van der Waals surface area contributed by atoms with E-state index >= 15 is 0 Å². The second-order valence-electron chi connectivity index (χ2n) is 2.81. The maximum absolute atomic E-state index is 12.3. The lowest BCUT2D eigenvalue weighted by molar-refractivity contribution is -0.132. The minimum Gasteiger partial charge on any atom is -0.204 e. The molecular weight excluding hydrogens is 184 g/mol. The Labute approximate surface area is 74.9 Å². The van der Waals surface area contributed by atoms with Gasteiger partial charge in [0, 0.05) is 6.42 Å². The van der Waals surface area contributed by atoms with Crippen molar-refractivity contribution in [1.82, 2.24) is 0 Å². The number of hydrogen-bond donors (Lipinski definition) is 0. The fraction of sp³-hybridized carbons (Fsp3) is 0.556. The standard InChI is InChI=1S/C9H12F4/c1-3-4-7(2)5-6-9(12,13)8(10)11/h3-4,8H,1,5-6H2,2H3/b7-4+. The first-order valence-electron chi connectivity index (χ1n) is 3.84. The number of hydrogen-bond acceptors (Lipinski definition) is 0. The van der Waals surface area contributed by atoms with E-state index in [9.17, 15) is 17.6 Å². The molecule has 0 aliphatic carbocycles. The monoisotopic (exact) mass is 196 g/mol. The first kappa shape index (κ1) is 12.2. The highest BCUT2D eigenvalue weighted by Gasteiger charge is 2.39. The van der Waals surface area contributed by atoms with Gasteiger partial charge >= 0.3 is 12.3 Å². The summed E-state index contributed by atoms with van der Waals surface area (Å²) in [5.74, 6) is -3.88. The summed E-state index contributed by atoms with van der Waals surface area (Å²) in [5, 5.41) is 0. The summed E-state index contributed by atoms with van der Waals surface area (Å²) in [6.07, 6.45) is -1.47. The largest absolute Gasteiger partial charge is 0.307 e. The van der Waals surface area contributed by atoms with Crippen LogP contribution in [0.3, 0.4) is 0 Å². The van der Waals surface area contributed by atoms with E-state index in [-0.39, 0.29) is 6.42 Å². The van der Waals surface area contributed by atoms with E-state index in [1.807, 2.05) is 0 Å². The molecule has 0 aromatic carbocycles. The quantitative estimate of drug-likeness (QED) is 0.463. The zero-order chi connectivity index (χ0) is 10.5. The van der Waals surface area contributed by atoms with Crippen molar-refractivity contribution in [2.45, 2.75) is 32.1 Å². The summed E-state index contributed by atoms with van der Waals surface area (Å²) in [6, 6.07) is 0. The molecule has 0 atom stereocenters. The van der Waals surface area contributed by atoms with E-state index < -0.39 is 18.8 Å². The Kier molecular flexibility index (Phi) is 4.73. The Bertz CT molecular complexity index is 194. The highest BCUT2D eigenvalue weighted by molar-refractivity contribution is 5.07. The van der Waals surface area contributed by atoms with Crippen LogP contribution >= 0.6 is 0 Å². The zero-order valence-electron chi connectivity index (χ0n) is 7.37. The van der Waals surface area contributed by atoms with Crippen molar-refractivity contribution >= 4 is 0 Å². The predicted molar refractivity (Wildman–Crippen MR) is 44.1 cm³/mol. The molecule has 0 aromatic heterocycles. The van der Waals surface area contributed by atoms with Crippen molar-refractivity contribution in [1.29, 1.82) is 0 Å². The summed E-state index contributed by atoms with van der Waals surface area (Å²) in [6.45, 7) is 4.97. The number of halogens is 4. The molecule has 0 saturated heterocycles. The molecule has 0 aromatic rings. The Morgan fingerprint density at radius 2 is 2.00 bits per heavy atom. The number of rotatable bonds is 5. The van der Waals surface area contributed by atoms with Crippen LogP contribution in [0.1, 0.15) is 19.8 Å². The molecule has 0 radical (unpaired) electrons. The van der Waals surface area contributed by atoms with E-state index in [4.69, 9.17) is 0 Å². The molecule has 4 heteroatoms. The van der Waals surface area contributed by atoms with Gasteiger partial charge in [0.15, 0.2) is 0 Å². The van der Waals surface area contributed by atoms with E-state index in [1.165, 1.54) is 12.2 Å². The topological polar surface area (TPSA) is 0 Å². The first-order valence-corrected chi connectivity index (χ1v) is 3.84. The molecule has 0 heterocycles. The van der Waals surface area contributed by atoms with Gasteiger partial charge in [-0.1, -0.05) is 24.3 Å². The molecule has 0 fully saturated rings. The predicted octanol–water partition coefficient (Wildman–Crippen LogP) is 3.80. The van der Waals surface area contributed by atoms with Crippen molar-refractivity contribution in [3.05, 3.63) is 24.3 Å². The zero-order valence-corrected chi connectivity index (χ0v) is 7.37. The van der Waals surface area contributed by atoms with Gasteiger partial charge in [-0.15, -0.1) is 0 Å². The summed E-state index contributed by atoms with van der Waals surface area (Å²) in [7, 11) is 0. The Morgan fingerprint density at radius 1 is 1.46 bits per heavy atom. The van der Waals surface area contributed by atoms with Crippen molar-refractivity contribution in [3.63, 3.8) is 0 Å². The lowest BCUT2D eigenvalue weighted by Gasteiger charge is -2.14. The van der Waals surface area contributed by atoms with Gasteiger partial charge < -0.3 is 0 Å². The molecule has 0 N–H and O–H groups in total. The lowest BCUT2D eigenvalue weighted by atomic mass is 10.1. The highest BCUT2D eigenvalue weighted by Crippen LogP contribution is 2.29. The second kappa shape index (κ2) is 5.04.